The Balaban J connectivity index is 1.29. The first-order valence-electron chi connectivity index (χ1n) is 10.4. The second-order valence-corrected chi connectivity index (χ2v) is 8.85. The summed E-state index contributed by atoms with van der Waals surface area (Å²) in [6.45, 7) is 7.29. The molecule has 0 radical (unpaired) electrons. The number of β-amino-alcohol motifs (C(OH)–C–C–N with tert-alkyl or cyclic N) is 1. The minimum absolute atomic E-state index is 0.159. The summed E-state index contributed by atoms with van der Waals surface area (Å²) in [7, 11) is 0. The lowest BCUT2D eigenvalue weighted by Gasteiger charge is -2.38. The lowest BCUT2D eigenvalue weighted by molar-refractivity contribution is 0.0227. The highest BCUT2D eigenvalue weighted by molar-refractivity contribution is 5.94. The van der Waals surface area contributed by atoms with Crippen LogP contribution in [0.3, 0.4) is 0 Å². The number of hydrogen-bond acceptors (Lipinski definition) is 4. The van der Waals surface area contributed by atoms with Crippen molar-refractivity contribution in [3.8, 4) is 0 Å². The van der Waals surface area contributed by atoms with Crippen molar-refractivity contribution in [1.29, 1.82) is 0 Å². The number of likely N-dealkylation sites (tertiary alicyclic amines) is 2. The number of nitrogens with zero attached hydrogens (tertiary/aromatic N) is 2. The molecule has 1 aromatic rings. The van der Waals surface area contributed by atoms with Gasteiger partial charge in [0.05, 0.1) is 18.8 Å². The van der Waals surface area contributed by atoms with Gasteiger partial charge < -0.3 is 14.7 Å². The fourth-order valence-electron chi connectivity index (χ4n) is 4.99. The normalized spacial score (nSPS) is 28.6. The van der Waals surface area contributed by atoms with Gasteiger partial charge in [-0.15, -0.1) is 0 Å². The van der Waals surface area contributed by atoms with Crippen molar-refractivity contribution in [2.75, 3.05) is 39.3 Å². The zero-order valence-corrected chi connectivity index (χ0v) is 16.4. The maximum Gasteiger partial charge on any atom is 0.253 e. The van der Waals surface area contributed by atoms with Crippen molar-refractivity contribution in [3.63, 3.8) is 0 Å². The van der Waals surface area contributed by atoms with E-state index in [1.54, 1.807) is 0 Å². The lowest BCUT2D eigenvalue weighted by Crippen LogP contribution is -2.44. The number of carbonyl (C=O) groups is 1. The summed E-state index contributed by atoms with van der Waals surface area (Å²) in [5.41, 5.74) is 2.17. The maximum absolute atomic E-state index is 12.8. The number of aliphatic hydroxyl groups is 1. The first-order valence-corrected chi connectivity index (χ1v) is 10.4. The van der Waals surface area contributed by atoms with Crippen LogP contribution in [0.5, 0.6) is 0 Å². The molecule has 0 saturated carbocycles. The molecule has 4 rings (SSSR count). The average Bonchev–Trinajstić information content (AvgIpc) is 3.04. The molecule has 5 nitrogen and oxygen atoms in total. The van der Waals surface area contributed by atoms with Gasteiger partial charge in [0, 0.05) is 31.7 Å². The minimum Gasteiger partial charge on any atom is -0.392 e. The highest BCUT2D eigenvalue weighted by Crippen LogP contribution is 2.42. The van der Waals surface area contributed by atoms with E-state index >= 15 is 0 Å². The number of hydrogen-bond donors (Lipinski definition) is 1. The molecule has 148 valence electrons. The minimum atomic E-state index is -0.176. The van der Waals surface area contributed by atoms with Crippen LogP contribution in [0.2, 0.25) is 0 Å². The quantitative estimate of drug-likeness (QED) is 0.886. The van der Waals surface area contributed by atoms with Crippen molar-refractivity contribution >= 4 is 5.91 Å². The number of ether oxygens (including phenoxy) is 1. The van der Waals surface area contributed by atoms with Crippen LogP contribution in [0.1, 0.15) is 48.0 Å². The fraction of sp³-hybridized carbons (Fsp3) is 0.682. The van der Waals surface area contributed by atoms with Gasteiger partial charge in [-0.3, -0.25) is 9.69 Å². The van der Waals surface area contributed by atoms with Gasteiger partial charge in [-0.05, 0) is 63.1 Å². The molecule has 3 saturated heterocycles. The van der Waals surface area contributed by atoms with Gasteiger partial charge in [-0.2, -0.15) is 0 Å². The van der Waals surface area contributed by atoms with Gasteiger partial charge >= 0.3 is 0 Å². The Morgan fingerprint density at radius 1 is 1.30 bits per heavy atom. The second-order valence-electron chi connectivity index (χ2n) is 8.85. The third-order valence-corrected chi connectivity index (χ3v) is 6.60. The van der Waals surface area contributed by atoms with Crippen molar-refractivity contribution in [2.45, 2.75) is 51.2 Å². The second kappa shape index (κ2) is 7.90. The highest BCUT2D eigenvalue weighted by Gasteiger charge is 2.43. The van der Waals surface area contributed by atoms with Crippen LogP contribution in [0.25, 0.3) is 0 Å². The van der Waals surface area contributed by atoms with E-state index in [-0.39, 0.29) is 23.5 Å². The van der Waals surface area contributed by atoms with Gasteiger partial charge in [0.2, 0.25) is 0 Å². The molecule has 3 aliphatic rings. The highest BCUT2D eigenvalue weighted by atomic mass is 16.5. The first-order chi connectivity index (χ1) is 13.0. The molecular formula is C22H32N2O3. The summed E-state index contributed by atoms with van der Waals surface area (Å²) >= 11 is 0. The van der Waals surface area contributed by atoms with Crippen LogP contribution in [-0.4, -0.2) is 72.4 Å². The topological polar surface area (TPSA) is 53.0 Å². The van der Waals surface area contributed by atoms with Gasteiger partial charge in [0.25, 0.3) is 5.91 Å². The molecule has 3 fully saturated rings. The van der Waals surface area contributed by atoms with Crippen LogP contribution in [0, 0.1) is 12.3 Å². The fourth-order valence-corrected chi connectivity index (χ4v) is 4.99. The number of carbonyl (C=O) groups excluding carboxylic acids is 1. The Kier molecular flexibility index (Phi) is 5.53. The van der Waals surface area contributed by atoms with Crippen molar-refractivity contribution in [3.05, 3.63) is 35.4 Å². The Morgan fingerprint density at radius 2 is 2.11 bits per heavy atom. The average molecular weight is 373 g/mol. The Labute approximate surface area is 162 Å². The van der Waals surface area contributed by atoms with Crippen molar-refractivity contribution < 1.29 is 14.6 Å². The molecule has 5 heteroatoms. The van der Waals surface area contributed by atoms with Crippen molar-refractivity contribution in [2.24, 2.45) is 5.41 Å². The Morgan fingerprint density at radius 3 is 2.85 bits per heavy atom. The van der Waals surface area contributed by atoms with E-state index in [0.29, 0.717) is 0 Å². The third kappa shape index (κ3) is 4.36. The molecule has 3 aliphatic heterocycles. The number of piperidine rings is 2. The van der Waals surface area contributed by atoms with E-state index in [9.17, 15) is 9.90 Å². The number of amides is 1. The molecule has 0 aromatic heterocycles. The first kappa shape index (κ1) is 18.9. The van der Waals surface area contributed by atoms with E-state index in [0.717, 1.165) is 82.6 Å². The van der Waals surface area contributed by atoms with Crippen LogP contribution in [0.15, 0.2) is 24.3 Å². The van der Waals surface area contributed by atoms with E-state index in [1.807, 2.05) is 36.1 Å². The molecule has 1 aromatic carbocycles. The molecule has 3 heterocycles. The molecule has 0 unspecified atom stereocenters. The molecule has 1 spiro atoms. The summed E-state index contributed by atoms with van der Waals surface area (Å²) in [6, 6.07) is 7.89. The van der Waals surface area contributed by atoms with Crippen LogP contribution in [-0.2, 0) is 4.74 Å². The molecule has 0 bridgehead atoms. The standard InChI is InChI=1S/C22H32N2O3/c1-17-4-2-5-18(12-17)21(26)24-10-7-22(8-11-24)13-20(27-16-22)15-23-9-3-6-19(25)14-23/h2,4-5,12,19-20,25H,3,6-11,13-16H2,1H3/t19-,20+/m1/s1. The van der Waals surface area contributed by atoms with Gasteiger partial charge in [-0.25, -0.2) is 0 Å². The molecule has 0 aliphatic carbocycles. The smallest absolute Gasteiger partial charge is 0.253 e. The SMILES string of the molecule is Cc1cccc(C(=O)N2CCC3(CC2)CO[C@H](CN2CCC[C@@H](O)C2)C3)c1. The zero-order chi connectivity index (χ0) is 18.9. The number of aliphatic hydroxyl groups excluding tert-OH is 1. The van der Waals surface area contributed by atoms with E-state index in [1.165, 1.54) is 0 Å². The van der Waals surface area contributed by atoms with Gasteiger partial charge in [0.1, 0.15) is 0 Å². The maximum atomic E-state index is 12.8. The van der Waals surface area contributed by atoms with E-state index in [2.05, 4.69) is 4.90 Å². The third-order valence-electron chi connectivity index (χ3n) is 6.60. The molecular weight excluding hydrogens is 340 g/mol. The summed E-state index contributed by atoms with van der Waals surface area (Å²) < 4.78 is 6.15. The van der Waals surface area contributed by atoms with Gasteiger partial charge in [-0.1, -0.05) is 17.7 Å². The van der Waals surface area contributed by atoms with Crippen LogP contribution >= 0.6 is 0 Å². The van der Waals surface area contributed by atoms with Gasteiger partial charge in [0.15, 0.2) is 0 Å². The number of rotatable bonds is 3. The molecule has 1 N–H and O–H groups in total. The van der Waals surface area contributed by atoms with Crippen LogP contribution in [0.4, 0.5) is 0 Å². The van der Waals surface area contributed by atoms with E-state index < -0.39 is 0 Å². The number of benzene rings is 1. The predicted molar refractivity (Wildman–Crippen MR) is 105 cm³/mol. The summed E-state index contributed by atoms with van der Waals surface area (Å²) in [5, 5.41) is 9.87. The Hall–Kier alpha value is -1.43. The zero-order valence-electron chi connectivity index (χ0n) is 16.4. The molecule has 1 amide bonds. The monoisotopic (exact) mass is 372 g/mol. The lowest BCUT2D eigenvalue weighted by atomic mass is 9.76. The summed E-state index contributed by atoms with van der Waals surface area (Å²) in [6.07, 6.45) is 5.25. The summed E-state index contributed by atoms with van der Waals surface area (Å²) in [4.78, 5) is 17.1. The predicted octanol–water partition coefficient (Wildman–Crippen LogP) is 2.46. The molecule has 2 atom stereocenters. The Bertz CT molecular complexity index is 669. The summed E-state index contributed by atoms with van der Waals surface area (Å²) in [5.74, 6) is 0.159. The van der Waals surface area contributed by atoms with Crippen LogP contribution < -0.4 is 0 Å². The van der Waals surface area contributed by atoms with Crippen molar-refractivity contribution in [1.82, 2.24) is 9.80 Å². The largest absolute Gasteiger partial charge is 0.392 e. The molecule has 27 heavy (non-hydrogen) atoms. The van der Waals surface area contributed by atoms with E-state index in [4.69, 9.17) is 4.74 Å². The number of aryl methyl sites for hydroxylation is 1.